The molecule has 1 aromatic rings. The first-order valence-electron chi connectivity index (χ1n) is 4.45. The summed E-state index contributed by atoms with van der Waals surface area (Å²) in [6.45, 7) is 0.281. The minimum absolute atomic E-state index is 0.281. The second-order valence-corrected chi connectivity index (χ2v) is 4.56. The van der Waals surface area contributed by atoms with Crippen LogP contribution in [0.5, 0.6) is 5.75 Å². The van der Waals surface area contributed by atoms with Gasteiger partial charge in [0.2, 0.25) is 0 Å². The van der Waals surface area contributed by atoms with Crippen molar-refractivity contribution >= 4 is 22.2 Å². The molecule has 0 saturated heterocycles. The summed E-state index contributed by atoms with van der Waals surface area (Å²) in [5, 5.41) is 0. The highest BCUT2D eigenvalue weighted by Gasteiger charge is 2.28. The van der Waals surface area contributed by atoms with Gasteiger partial charge in [0, 0.05) is 7.11 Å². The molecule has 0 heterocycles. The highest BCUT2D eigenvalue weighted by atomic mass is 79.9. The van der Waals surface area contributed by atoms with Crippen LogP contribution in [0.4, 0.5) is 0 Å². The molecule has 0 aliphatic heterocycles. The second-order valence-electron chi connectivity index (χ2n) is 3.15. The Balaban J connectivity index is 3.05. The van der Waals surface area contributed by atoms with E-state index in [1.54, 1.807) is 14.2 Å². The molecule has 0 amide bonds. The summed E-state index contributed by atoms with van der Waals surface area (Å²) in [7, 11) is 3.14. The van der Waals surface area contributed by atoms with Crippen LogP contribution in [0.3, 0.4) is 0 Å². The lowest BCUT2D eigenvalue weighted by Gasteiger charge is -2.20. The van der Waals surface area contributed by atoms with E-state index in [9.17, 15) is 4.79 Å². The minimum Gasteiger partial charge on any atom is -0.497 e. The molecule has 0 N–H and O–H groups in total. The normalized spacial score (nSPS) is 14.3. The van der Waals surface area contributed by atoms with Gasteiger partial charge in [-0.15, -0.1) is 0 Å². The molecule has 4 heteroatoms. The highest BCUT2D eigenvalue weighted by molar-refractivity contribution is 9.10. The Kier molecular flexibility index (Phi) is 4.29. The van der Waals surface area contributed by atoms with Gasteiger partial charge in [0.15, 0.2) is 0 Å². The summed E-state index contributed by atoms with van der Waals surface area (Å²) in [6.07, 6.45) is 0.825. The maximum Gasteiger partial charge on any atom is 0.143 e. The second kappa shape index (κ2) is 5.28. The largest absolute Gasteiger partial charge is 0.497 e. The summed E-state index contributed by atoms with van der Waals surface area (Å²) in [6, 6.07) is 7.32. The van der Waals surface area contributed by atoms with Crippen LogP contribution in [0.1, 0.15) is 5.56 Å². The van der Waals surface area contributed by atoms with E-state index in [0.717, 1.165) is 11.8 Å². The minimum atomic E-state index is -0.795. The molecule has 1 atom stereocenters. The molecule has 1 unspecified atom stereocenters. The Labute approximate surface area is 97.5 Å². The van der Waals surface area contributed by atoms with Crippen LogP contribution in [0, 0.1) is 0 Å². The molecule has 0 aliphatic rings. The number of alkyl halides is 1. The van der Waals surface area contributed by atoms with Crippen LogP contribution in [-0.2, 0) is 13.9 Å². The Morgan fingerprint density at radius 1 is 1.47 bits per heavy atom. The van der Waals surface area contributed by atoms with Gasteiger partial charge < -0.3 is 14.3 Å². The number of benzene rings is 1. The quantitative estimate of drug-likeness (QED) is 0.609. The molecule has 0 aromatic heterocycles. The number of carbonyl (C=O) groups excluding carboxylic acids is 1. The lowest BCUT2D eigenvalue weighted by atomic mass is 10.0. The molecule has 82 valence electrons. The topological polar surface area (TPSA) is 35.5 Å². The lowest BCUT2D eigenvalue weighted by Crippen LogP contribution is -2.25. The number of rotatable bonds is 5. The van der Waals surface area contributed by atoms with Crippen molar-refractivity contribution in [3.63, 3.8) is 0 Å². The van der Waals surface area contributed by atoms with Crippen molar-refractivity contribution in [2.45, 2.75) is 4.32 Å². The lowest BCUT2D eigenvalue weighted by molar-refractivity contribution is -0.111. The molecule has 1 rings (SSSR count). The maximum absolute atomic E-state index is 11.0. The van der Waals surface area contributed by atoms with Gasteiger partial charge in [0.25, 0.3) is 0 Å². The molecule has 0 radical (unpaired) electrons. The van der Waals surface area contributed by atoms with Crippen molar-refractivity contribution in [3.05, 3.63) is 29.8 Å². The molecular formula is C11H13BrO3. The average molecular weight is 273 g/mol. The van der Waals surface area contributed by atoms with Gasteiger partial charge in [-0.05, 0) is 17.7 Å². The molecule has 0 bridgehead atoms. The van der Waals surface area contributed by atoms with Gasteiger partial charge in [-0.2, -0.15) is 0 Å². The van der Waals surface area contributed by atoms with Crippen molar-refractivity contribution in [1.82, 2.24) is 0 Å². The molecule has 0 saturated carbocycles. The number of ether oxygens (including phenoxy) is 2. The van der Waals surface area contributed by atoms with Crippen LogP contribution in [-0.4, -0.2) is 27.1 Å². The monoisotopic (exact) mass is 272 g/mol. The number of methoxy groups -OCH3 is 2. The van der Waals surface area contributed by atoms with Gasteiger partial charge >= 0.3 is 0 Å². The van der Waals surface area contributed by atoms with E-state index in [1.165, 1.54) is 0 Å². The molecule has 0 fully saturated rings. The van der Waals surface area contributed by atoms with E-state index >= 15 is 0 Å². The predicted molar refractivity (Wildman–Crippen MR) is 61.5 cm³/mol. The SMILES string of the molecule is COCC(Br)(C=O)c1cccc(OC)c1. The number of carbonyl (C=O) groups is 1. The Bertz CT molecular complexity index is 340. The average Bonchev–Trinajstić information content (AvgIpc) is 2.29. The smallest absolute Gasteiger partial charge is 0.143 e. The Hall–Kier alpha value is -0.870. The zero-order chi connectivity index (χ0) is 11.3. The first-order valence-corrected chi connectivity index (χ1v) is 5.24. The summed E-state index contributed by atoms with van der Waals surface area (Å²) in [5.74, 6) is 0.717. The van der Waals surface area contributed by atoms with E-state index in [2.05, 4.69) is 15.9 Å². The van der Waals surface area contributed by atoms with Crippen LogP contribution in [0.15, 0.2) is 24.3 Å². The fourth-order valence-corrected chi connectivity index (χ4v) is 1.75. The third-order valence-electron chi connectivity index (χ3n) is 2.09. The number of halogens is 1. The predicted octanol–water partition coefficient (Wildman–Crippen LogP) is 2.13. The number of hydrogen-bond acceptors (Lipinski definition) is 3. The molecule has 1 aromatic carbocycles. The van der Waals surface area contributed by atoms with Gasteiger partial charge in [-0.1, -0.05) is 28.1 Å². The third-order valence-corrected chi connectivity index (χ3v) is 2.96. The van der Waals surface area contributed by atoms with Crippen LogP contribution in [0.2, 0.25) is 0 Å². The third kappa shape index (κ3) is 2.79. The fraction of sp³-hybridized carbons (Fsp3) is 0.364. The molecule has 0 aliphatic carbocycles. The van der Waals surface area contributed by atoms with Gasteiger partial charge in [0.1, 0.15) is 16.4 Å². The molecule has 0 spiro atoms. The van der Waals surface area contributed by atoms with E-state index < -0.39 is 4.32 Å². The van der Waals surface area contributed by atoms with Gasteiger partial charge in [0.05, 0.1) is 13.7 Å². The summed E-state index contributed by atoms with van der Waals surface area (Å²) in [4.78, 5) is 11.0. The highest BCUT2D eigenvalue weighted by Crippen LogP contribution is 2.31. The van der Waals surface area contributed by atoms with Gasteiger partial charge in [-0.3, -0.25) is 0 Å². The Morgan fingerprint density at radius 2 is 2.20 bits per heavy atom. The van der Waals surface area contributed by atoms with Crippen molar-refractivity contribution in [1.29, 1.82) is 0 Å². The van der Waals surface area contributed by atoms with Crippen molar-refractivity contribution in [2.24, 2.45) is 0 Å². The van der Waals surface area contributed by atoms with Crippen LogP contribution in [0.25, 0.3) is 0 Å². The maximum atomic E-state index is 11.0. The van der Waals surface area contributed by atoms with Crippen LogP contribution >= 0.6 is 15.9 Å². The van der Waals surface area contributed by atoms with Crippen molar-refractivity contribution in [3.8, 4) is 5.75 Å². The van der Waals surface area contributed by atoms with Crippen molar-refractivity contribution in [2.75, 3.05) is 20.8 Å². The zero-order valence-corrected chi connectivity index (χ0v) is 10.3. The fourth-order valence-electron chi connectivity index (χ4n) is 1.28. The standard InChI is InChI=1S/C11H13BrO3/c1-14-8-11(12,7-13)9-4-3-5-10(6-9)15-2/h3-7H,8H2,1-2H3. The van der Waals surface area contributed by atoms with E-state index in [0.29, 0.717) is 5.75 Å². The van der Waals surface area contributed by atoms with E-state index in [1.807, 2.05) is 24.3 Å². The number of hydrogen-bond donors (Lipinski definition) is 0. The molecular weight excluding hydrogens is 260 g/mol. The first-order chi connectivity index (χ1) is 7.16. The molecule has 15 heavy (non-hydrogen) atoms. The van der Waals surface area contributed by atoms with Gasteiger partial charge in [-0.25, -0.2) is 0 Å². The zero-order valence-electron chi connectivity index (χ0n) is 8.70. The van der Waals surface area contributed by atoms with E-state index in [4.69, 9.17) is 9.47 Å². The first kappa shape index (κ1) is 12.2. The van der Waals surface area contributed by atoms with Crippen LogP contribution < -0.4 is 4.74 Å². The van der Waals surface area contributed by atoms with Crippen molar-refractivity contribution < 1.29 is 14.3 Å². The summed E-state index contributed by atoms with van der Waals surface area (Å²) in [5.41, 5.74) is 0.818. The number of aldehydes is 1. The summed E-state index contributed by atoms with van der Waals surface area (Å²) >= 11 is 3.37. The Morgan fingerprint density at radius 3 is 2.73 bits per heavy atom. The molecule has 3 nitrogen and oxygen atoms in total. The summed E-state index contributed by atoms with van der Waals surface area (Å²) < 4.78 is 9.31. The van der Waals surface area contributed by atoms with E-state index in [-0.39, 0.29) is 6.61 Å².